The highest BCUT2D eigenvalue weighted by atomic mass is 16.6. The number of carbonyl (C=O) groups is 1. The Hall–Kier alpha value is -0.830. The van der Waals surface area contributed by atoms with Crippen LogP contribution >= 0.6 is 0 Å². The molecule has 2 aliphatic rings. The Morgan fingerprint density at radius 1 is 1.77 bits per heavy atom. The van der Waals surface area contributed by atoms with Crippen molar-refractivity contribution >= 4 is 5.97 Å². The monoisotopic (exact) mass is 182 g/mol. The number of carbonyl (C=O) groups excluding carboxylic acids is 1. The van der Waals surface area contributed by atoms with Gasteiger partial charge in [0.1, 0.15) is 11.5 Å². The number of esters is 1. The number of ether oxygens (including phenoxy) is 2. The molecule has 3 heteroatoms. The summed E-state index contributed by atoms with van der Waals surface area (Å²) in [4.78, 5) is 11.5. The molecule has 0 saturated carbocycles. The van der Waals surface area contributed by atoms with Crippen molar-refractivity contribution in [2.24, 2.45) is 5.92 Å². The minimum Gasteiger partial charge on any atom is -0.468 e. The summed E-state index contributed by atoms with van der Waals surface area (Å²) in [6, 6.07) is 0. The van der Waals surface area contributed by atoms with Gasteiger partial charge in [0.15, 0.2) is 0 Å². The van der Waals surface area contributed by atoms with E-state index in [1.165, 1.54) is 7.11 Å². The quantitative estimate of drug-likeness (QED) is 0.348. The van der Waals surface area contributed by atoms with Crippen molar-refractivity contribution in [2.75, 3.05) is 7.11 Å². The Balaban J connectivity index is 2.27. The highest BCUT2D eigenvalue weighted by Crippen LogP contribution is 2.51. The maximum atomic E-state index is 11.5. The average Bonchev–Trinajstić information content (AvgIpc) is 2.75. The van der Waals surface area contributed by atoms with E-state index in [1.807, 2.05) is 13.8 Å². The Bertz CT molecular complexity index is 282. The van der Waals surface area contributed by atoms with E-state index in [4.69, 9.17) is 9.47 Å². The lowest BCUT2D eigenvalue weighted by atomic mass is 9.80. The SMILES string of the molecule is COC(=O)[C@H]1C(C)=CC[C@@H]2O[C@]12C. The number of hydrogen-bond acceptors (Lipinski definition) is 3. The second kappa shape index (κ2) is 2.58. The molecule has 1 fully saturated rings. The normalized spacial score (nSPS) is 41.9. The van der Waals surface area contributed by atoms with E-state index in [9.17, 15) is 4.79 Å². The van der Waals surface area contributed by atoms with Crippen LogP contribution in [0.4, 0.5) is 0 Å². The van der Waals surface area contributed by atoms with Gasteiger partial charge in [0.05, 0.1) is 13.2 Å². The van der Waals surface area contributed by atoms with Crippen LogP contribution in [0.2, 0.25) is 0 Å². The minimum atomic E-state index is -0.286. The van der Waals surface area contributed by atoms with Crippen LogP contribution in [0.3, 0.4) is 0 Å². The molecule has 13 heavy (non-hydrogen) atoms. The fourth-order valence-electron chi connectivity index (χ4n) is 2.21. The topological polar surface area (TPSA) is 38.8 Å². The average molecular weight is 182 g/mol. The van der Waals surface area contributed by atoms with E-state index in [0.29, 0.717) is 0 Å². The molecule has 0 amide bonds. The van der Waals surface area contributed by atoms with Crippen LogP contribution in [0, 0.1) is 5.92 Å². The van der Waals surface area contributed by atoms with Gasteiger partial charge in [-0.2, -0.15) is 0 Å². The number of hydrogen-bond donors (Lipinski definition) is 0. The first-order valence-corrected chi connectivity index (χ1v) is 4.52. The van der Waals surface area contributed by atoms with E-state index in [2.05, 4.69) is 6.08 Å². The van der Waals surface area contributed by atoms with Crippen molar-refractivity contribution in [2.45, 2.75) is 32.0 Å². The van der Waals surface area contributed by atoms with E-state index in [1.54, 1.807) is 0 Å². The molecule has 0 radical (unpaired) electrons. The van der Waals surface area contributed by atoms with Gasteiger partial charge in [0, 0.05) is 0 Å². The van der Waals surface area contributed by atoms with Gasteiger partial charge < -0.3 is 9.47 Å². The second-order valence-electron chi connectivity index (χ2n) is 3.93. The molecular weight excluding hydrogens is 168 g/mol. The van der Waals surface area contributed by atoms with Gasteiger partial charge in [-0.3, -0.25) is 4.79 Å². The zero-order valence-corrected chi connectivity index (χ0v) is 8.16. The highest BCUT2D eigenvalue weighted by molar-refractivity contribution is 5.78. The second-order valence-corrected chi connectivity index (χ2v) is 3.93. The molecule has 0 aromatic carbocycles. The van der Waals surface area contributed by atoms with Gasteiger partial charge in [-0.1, -0.05) is 11.6 Å². The summed E-state index contributed by atoms with van der Waals surface area (Å²) >= 11 is 0. The highest BCUT2D eigenvalue weighted by Gasteiger charge is 2.62. The van der Waals surface area contributed by atoms with Gasteiger partial charge in [-0.05, 0) is 20.3 Å². The summed E-state index contributed by atoms with van der Waals surface area (Å²) < 4.78 is 10.3. The van der Waals surface area contributed by atoms with E-state index >= 15 is 0 Å². The molecule has 0 unspecified atom stereocenters. The van der Waals surface area contributed by atoms with Crippen molar-refractivity contribution in [1.82, 2.24) is 0 Å². The van der Waals surface area contributed by atoms with Crippen LogP contribution in [0.1, 0.15) is 20.3 Å². The first kappa shape index (κ1) is 8.75. The van der Waals surface area contributed by atoms with E-state index in [-0.39, 0.29) is 23.6 Å². The predicted octanol–water partition coefficient (Wildman–Crippen LogP) is 1.28. The zero-order chi connectivity index (χ0) is 9.64. The Morgan fingerprint density at radius 3 is 3.08 bits per heavy atom. The van der Waals surface area contributed by atoms with Crippen LogP contribution in [0.5, 0.6) is 0 Å². The molecule has 0 spiro atoms. The smallest absolute Gasteiger partial charge is 0.315 e. The van der Waals surface area contributed by atoms with Gasteiger partial charge >= 0.3 is 5.97 Å². The van der Waals surface area contributed by atoms with Crippen LogP contribution in [0.25, 0.3) is 0 Å². The number of methoxy groups -OCH3 is 1. The molecule has 72 valence electrons. The molecule has 1 saturated heterocycles. The Kier molecular flexibility index (Phi) is 1.74. The Labute approximate surface area is 77.7 Å². The third-order valence-electron chi connectivity index (χ3n) is 3.10. The molecule has 1 aliphatic carbocycles. The van der Waals surface area contributed by atoms with E-state index in [0.717, 1.165) is 12.0 Å². The molecule has 2 rings (SSSR count). The summed E-state index contributed by atoms with van der Waals surface area (Å²) in [5.74, 6) is -0.380. The third-order valence-corrected chi connectivity index (χ3v) is 3.10. The summed E-state index contributed by atoms with van der Waals surface area (Å²) in [7, 11) is 1.42. The molecule has 3 atom stereocenters. The predicted molar refractivity (Wildman–Crippen MR) is 47.2 cm³/mol. The largest absolute Gasteiger partial charge is 0.468 e. The Morgan fingerprint density at radius 2 is 2.46 bits per heavy atom. The lowest BCUT2D eigenvalue weighted by molar-refractivity contribution is -0.146. The van der Waals surface area contributed by atoms with Gasteiger partial charge in [0.2, 0.25) is 0 Å². The lowest BCUT2D eigenvalue weighted by Crippen LogP contribution is -2.34. The summed E-state index contributed by atoms with van der Waals surface area (Å²) in [6.07, 6.45) is 3.22. The molecule has 0 N–H and O–H groups in total. The molecule has 1 heterocycles. The third kappa shape index (κ3) is 1.10. The van der Waals surface area contributed by atoms with Crippen molar-refractivity contribution < 1.29 is 14.3 Å². The fraction of sp³-hybridized carbons (Fsp3) is 0.700. The zero-order valence-electron chi connectivity index (χ0n) is 8.16. The van der Waals surface area contributed by atoms with Crippen LogP contribution in [0.15, 0.2) is 11.6 Å². The maximum absolute atomic E-state index is 11.5. The van der Waals surface area contributed by atoms with Gasteiger partial charge in [-0.25, -0.2) is 0 Å². The summed E-state index contributed by atoms with van der Waals surface area (Å²) in [5, 5.41) is 0. The van der Waals surface area contributed by atoms with Crippen LogP contribution < -0.4 is 0 Å². The minimum absolute atomic E-state index is 0.182. The number of epoxide rings is 1. The number of fused-ring (bicyclic) bond motifs is 1. The van der Waals surface area contributed by atoms with Crippen molar-refractivity contribution in [1.29, 1.82) is 0 Å². The fourth-order valence-corrected chi connectivity index (χ4v) is 2.21. The molecule has 3 nitrogen and oxygen atoms in total. The van der Waals surface area contributed by atoms with Crippen molar-refractivity contribution in [3.05, 3.63) is 11.6 Å². The van der Waals surface area contributed by atoms with E-state index < -0.39 is 0 Å². The standard InChI is InChI=1S/C10H14O3/c1-6-4-5-7-10(2,13-7)8(6)9(11)12-3/h4,7-8H,5H2,1-3H3/t7-,8+,10-/m0/s1. The lowest BCUT2D eigenvalue weighted by Gasteiger charge is -2.22. The molecule has 1 aliphatic heterocycles. The van der Waals surface area contributed by atoms with Crippen molar-refractivity contribution in [3.8, 4) is 0 Å². The van der Waals surface area contributed by atoms with Crippen molar-refractivity contribution in [3.63, 3.8) is 0 Å². The first-order chi connectivity index (χ1) is 6.09. The first-order valence-electron chi connectivity index (χ1n) is 4.52. The van der Waals surface area contributed by atoms with Gasteiger partial charge in [-0.15, -0.1) is 0 Å². The van der Waals surface area contributed by atoms with Crippen LogP contribution in [-0.2, 0) is 14.3 Å². The number of rotatable bonds is 1. The molecule has 0 bridgehead atoms. The van der Waals surface area contributed by atoms with Gasteiger partial charge in [0.25, 0.3) is 0 Å². The van der Waals surface area contributed by atoms with Crippen LogP contribution in [-0.4, -0.2) is 24.8 Å². The summed E-state index contributed by atoms with van der Waals surface area (Å²) in [6.45, 7) is 3.94. The molecular formula is C10H14O3. The molecule has 0 aromatic rings. The summed E-state index contributed by atoms with van der Waals surface area (Å²) in [5.41, 5.74) is 0.787. The maximum Gasteiger partial charge on any atom is 0.315 e. The molecule has 0 aromatic heterocycles.